The lowest BCUT2D eigenvalue weighted by atomic mass is 10.2. The van der Waals surface area contributed by atoms with Crippen LogP contribution in [0.25, 0.3) is 10.9 Å². The van der Waals surface area contributed by atoms with Gasteiger partial charge in [-0.15, -0.1) is 0 Å². The standard InChI is InChI=1S/C15H18ClN3O5S/c1-9(17-15(21)22)13-18-11-6-3-5-10(16)12(11)14(20)19(13)7-4-8-25(2,23)24/h3,5-6,9,17H,4,7-8H2,1-2H3,(H,21,22). The molecule has 0 fully saturated rings. The fourth-order valence-corrected chi connectivity index (χ4v) is 3.43. The minimum absolute atomic E-state index is 0.0844. The number of nitrogens with zero attached hydrogens (tertiary/aromatic N) is 2. The minimum atomic E-state index is -3.18. The van der Waals surface area contributed by atoms with E-state index in [0.29, 0.717) is 5.52 Å². The lowest BCUT2D eigenvalue weighted by Gasteiger charge is -2.18. The first-order valence-corrected chi connectivity index (χ1v) is 9.90. The molecule has 0 aliphatic carbocycles. The van der Waals surface area contributed by atoms with Crippen LogP contribution in [-0.2, 0) is 16.4 Å². The summed E-state index contributed by atoms with van der Waals surface area (Å²) in [5, 5.41) is 11.6. The molecular weight excluding hydrogens is 370 g/mol. The van der Waals surface area contributed by atoms with Crippen molar-refractivity contribution in [3.05, 3.63) is 39.4 Å². The summed E-state index contributed by atoms with van der Waals surface area (Å²) in [6, 6.07) is 4.06. The number of halogens is 1. The molecule has 8 nitrogen and oxygen atoms in total. The van der Waals surface area contributed by atoms with Crippen molar-refractivity contribution >= 4 is 38.4 Å². The number of benzene rings is 1. The van der Waals surface area contributed by atoms with E-state index in [1.54, 1.807) is 25.1 Å². The summed E-state index contributed by atoms with van der Waals surface area (Å²) < 4.78 is 23.9. The summed E-state index contributed by atoms with van der Waals surface area (Å²) >= 11 is 6.10. The third kappa shape index (κ3) is 4.70. The zero-order valence-corrected chi connectivity index (χ0v) is 15.3. The van der Waals surface area contributed by atoms with Gasteiger partial charge in [0.25, 0.3) is 5.56 Å². The van der Waals surface area contributed by atoms with Crippen LogP contribution in [0.4, 0.5) is 4.79 Å². The first-order chi connectivity index (χ1) is 11.6. The van der Waals surface area contributed by atoms with Gasteiger partial charge < -0.3 is 10.4 Å². The van der Waals surface area contributed by atoms with E-state index >= 15 is 0 Å². The number of amides is 1. The maximum absolute atomic E-state index is 12.8. The first kappa shape index (κ1) is 19.2. The highest BCUT2D eigenvalue weighted by atomic mass is 35.5. The van der Waals surface area contributed by atoms with E-state index in [4.69, 9.17) is 16.7 Å². The van der Waals surface area contributed by atoms with Crippen LogP contribution < -0.4 is 10.9 Å². The Balaban J connectivity index is 2.57. The topological polar surface area (TPSA) is 118 Å². The normalized spacial score (nSPS) is 12.9. The van der Waals surface area contributed by atoms with E-state index in [1.807, 2.05) is 0 Å². The van der Waals surface area contributed by atoms with Gasteiger partial charge in [-0.25, -0.2) is 18.2 Å². The molecule has 0 radical (unpaired) electrons. The van der Waals surface area contributed by atoms with Gasteiger partial charge in [-0.3, -0.25) is 9.36 Å². The first-order valence-electron chi connectivity index (χ1n) is 7.46. The van der Waals surface area contributed by atoms with Crippen LogP contribution in [0.1, 0.15) is 25.2 Å². The van der Waals surface area contributed by atoms with Crippen molar-refractivity contribution in [3.8, 4) is 0 Å². The summed E-state index contributed by atoms with van der Waals surface area (Å²) in [7, 11) is -3.18. The lowest BCUT2D eigenvalue weighted by molar-refractivity contribution is 0.190. The van der Waals surface area contributed by atoms with Crippen molar-refractivity contribution in [2.75, 3.05) is 12.0 Å². The molecule has 0 spiro atoms. The molecule has 136 valence electrons. The summed E-state index contributed by atoms with van der Waals surface area (Å²) in [5.74, 6) is 0.107. The van der Waals surface area contributed by atoms with Gasteiger partial charge >= 0.3 is 6.09 Å². The maximum atomic E-state index is 12.8. The lowest BCUT2D eigenvalue weighted by Crippen LogP contribution is -2.33. The third-order valence-corrected chi connectivity index (χ3v) is 4.93. The molecular formula is C15H18ClN3O5S. The summed E-state index contributed by atoms with van der Waals surface area (Å²) in [6.45, 7) is 1.64. The SMILES string of the molecule is CC(NC(=O)O)c1nc2cccc(Cl)c2c(=O)n1CCCS(C)(=O)=O. The Morgan fingerprint density at radius 3 is 2.72 bits per heavy atom. The molecule has 1 heterocycles. The summed E-state index contributed by atoms with van der Waals surface area (Å²) in [4.78, 5) is 28.1. The smallest absolute Gasteiger partial charge is 0.405 e. The highest BCUT2D eigenvalue weighted by Gasteiger charge is 2.19. The Kier molecular flexibility index (Phi) is 5.69. The maximum Gasteiger partial charge on any atom is 0.405 e. The largest absolute Gasteiger partial charge is 0.465 e. The number of rotatable bonds is 6. The molecule has 1 aromatic heterocycles. The van der Waals surface area contributed by atoms with Gasteiger partial charge in [-0.05, 0) is 25.5 Å². The van der Waals surface area contributed by atoms with Crippen LogP contribution in [0.5, 0.6) is 0 Å². The molecule has 1 aromatic carbocycles. The molecule has 0 bridgehead atoms. The predicted molar refractivity (Wildman–Crippen MR) is 94.9 cm³/mol. The van der Waals surface area contributed by atoms with E-state index in [2.05, 4.69) is 10.3 Å². The second-order valence-electron chi connectivity index (χ2n) is 5.72. The van der Waals surface area contributed by atoms with Crippen molar-refractivity contribution in [1.29, 1.82) is 0 Å². The number of aromatic nitrogens is 2. The molecule has 0 saturated carbocycles. The van der Waals surface area contributed by atoms with Gasteiger partial charge in [0.2, 0.25) is 0 Å². The second kappa shape index (κ2) is 7.40. The Morgan fingerprint density at radius 1 is 1.44 bits per heavy atom. The van der Waals surface area contributed by atoms with E-state index in [9.17, 15) is 18.0 Å². The fourth-order valence-electron chi connectivity index (χ4n) is 2.52. The van der Waals surface area contributed by atoms with Gasteiger partial charge in [-0.2, -0.15) is 0 Å². The Labute approximate surface area is 149 Å². The van der Waals surface area contributed by atoms with Gasteiger partial charge in [0, 0.05) is 12.8 Å². The molecule has 2 rings (SSSR count). The highest BCUT2D eigenvalue weighted by molar-refractivity contribution is 7.90. The molecule has 1 atom stereocenters. The number of carboxylic acid groups (broad SMARTS) is 1. The zero-order chi connectivity index (χ0) is 18.8. The second-order valence-corrected chi connectivity index (χ2v) is 8.38. The fraction of sp³-hybridized carbons (Fsp3) is 0.400. The molecule has 2 aromatic rings. The predicted octanol–water partition coefficient (Wildman–Crippen LogP) is 1.81. The molecule has 2 N–H and O–H groups in total. The zero-order valence-electron chi connectivity index (χ0n) is 13.7. The average molecular weight is 388 g/mol. The van der Waals surface area contributed by atoms with Gasteiger partial charge in [0.05, 0.1) is 27.7 Å². The number of fused-ring (bicyclic) bond motifs is 1. The summed E-state index contributed by atoms with van der Waals surface area (Å²) in [5.41, 5.74) is -0.0796. The highest BCUT2D eigenvalue weighted by Crippen LogP contribution is 2.21. The molecule has 1 unspecified atom stereocenters. The van der Waals surface area contributed by atoms with E-state index in [0.717, 1.165) is 6.26 Å². The third-order valence-electron chi connectivity index (χ3n) is 3.59. The van der Waals surface area contributed by atoms with Gasteiger partial charge in [-0.1, -0.05) is 17.7 Å². The van der Waals surface area contributed by atoms with Gasteiger partial charge in [0.1, 0.15) is 15.7 Å². The van der Waals surface area contributed by atoms with E-state index < -0.39 is 27.5 Å². The Hall–Kier alpha value is -2.13. The Morgan fingerprint density at radius 2 is 2.12 bits per heavy atom. The van der Waals surface area contributed by atoms with Crippen molar-refractivity contribution in [2.24, 2.45) is 0 Å². The molecule has 1 amide bonds. The molecule has 0 aliphatic heterocycles. The van der Waals surface area contributed by atoms with E-state index in [1.165, 1.54) is 4.57 Å². The summed E-state index contributed by atoms with van der Waals surface area (Å²) in [6.07, 6.45) is 0.0554. The van der Waals surface area contributed by atoms with Crippen LogP contribution in [-0.4, -0.2) is 41.2 Å². The van der Waals surface area contributed by atoms with Crippen LogP contribution in [0.2, 0.25) is 5.02 Å². The molecule has 25 heavy (non-hydrogen) atoms. The van der Waals surface area contributed by atoms with Crippen molar-refractivity contribution < 1.29 is 18.3 Å². The van der Waals surface area contributed by atoms with E-state index in [-0.39, 0.29) is 35.0 Å². The van der Waals surface area contributed by atoms with Crippen LogP contribution in [0, 0.1) is 0 Å². The number of carbonyl (C=O) groups is 1. The van der Waals surface area contributed by atoms with Crippen molar-refractivity contribution in [2.45, 2.75) is 25.9 Å². The molecule has 10 heteroatoms. The Bertz CT molecular complexity index is 971. The number of hydrogen-bond donors (Lipinski definition) is 2. The van der Waals surface area contributed by atoms with Gasteiger partial charge in [0.15, 0.2) is 0 Å². The molecule has 0 aliphatic rings. The average Bonchev–Trinajstić information content (AvgIpc) is 2.47. The number of hydrogen-bond acceptors (Lipinski definition) is 5. The number of sulfone groups is 1. The number of nitrogens with one attached hydrogen (secondary N) is 1. The van der Waals surface area contributed by atoms with Crippen molar-refractivity contribution in [1.82, 2.24) is 14.9 Å². The van der Waals surface area contributed by atoms with Crippen LogP contribution >= 0.6 is 11.6 Å². The van der Waals surface area contributed by atoms with Crippen LogP contribution in [0.15, 0.2) is 23.0 Å². The monoisotopic (exact) mass is 387 g/mol. The molecule has 0 saturated heterocycles. The quantitative estimate of drug-likeness (QED) is 0.780. The van der Waals surface area contributed by atoms with Crippen molar-refractivity contribution in [3.63, 3.8) is 0 Å². The minimum Gasteiger partial charge on any atom is -0.465 e. The van der Waals surface area contributed by atoms with Crippen LogP contribution in [0.3, 0.4) is 0 Å².